The lowest BCUT2D eigenvalue weighted by Gasteiger charge is -2.37. The molecule has 0 bridgehead atoms. The Morgan fingerprint density at radius 3 is 2.86 bits per heavy atom. The number of hydrogen-bond acceptors (Lipinski definition) is 4. The average molecular weight is 321 g/mol. The summed E-state index contributed by atoms with van der Waals surface area (Å²) < 4.78 is 5.44. The van der Waals surface area contributed by atoms with E-state index < -0.39 is 0 Å². The molecule has 2 aliphatic rings. The van der Waals surface area contributed by atoms with Crippen LogP contribution >= 0.6 is 11.6 Å². The number of benzene rings is 1. The second-order valence-corrected chi connectivity index (χ2v) is 6.84. The minimum absolute atomic E-state index is 0.0443. The maximum atomic E-state index is 10.7. The number of rotatable bonds is 3. The van der Waals surface area contributed by atoms with Crippen molar-refractivity contribution in [2.45, 2.75) is 31.8 Å². The molecule has 5 heteroatoms. The first kappa shape index (κ1) is 15.6. The molecule has 0 unspecified atom stereocenters. The molecule has 1 aromatic carbocycles. The van der Waals surface area contributed by atoms with E-state index in [1.807, 2.05) is 6.07 Å². The molecule has 1 aliphatic carbocycles. The first-order valence-electron chi connectivity index (χ1n) is 7.84. The summed E-state index contributed by atoms with van der Waals surface area (Å²) in [5, 5.41) is 23.8. The summed E-state index contributed by atoms with van der Waals surface area (Å²) in [6.45, 7) is 2.19. The van der Waals surface area contributed by atoms with Crippen LogP contribution in [0.2, 0.25) is 5.02 Å². The summed E-state index contributed by atoms with van der Waals surface area (Å²) in [5.41, 5.74) is 1.37. The molecule has 1 saturated carbocycles. The SMILES string of the molecule is N#Cc1cc(Cl)ccc1NC[C@H]1CCC2(CCOCC2)[C@H]1O. The Morgan fingerprint density at radius 1 is 1.36 bits per heavy atom. The third-order valence-corrected chi connectivity index (χ3v) is 5.47. The van der Waals surface area contributed by atoms with Crippen LogP contribution < -0.4 is 5.32 Å². The predicted octanol–water partition coefficient (Wildman–Crippen LogP) is 3.19. The Hall–Kier alpha value is -1.28. The topological polar surface area (TPSA) is 65.3 Å². The number of nitriles is 1. The second-order valence-electron chi connectivity index (χ2n) is 6.40. The average Bonchev–Trinajstić information content (AvgIpc) is 2.83. The van der Waals surface area contributed by atoms with Crippen molar-refractivity contribution in [2.24, 2.45) is 11.3 Å². The summed E-state index contributed by atoms with van der Waals surface area (Å²) >= 11 is 5.91. The minimum atomic E-state index is -0.290. The van der Waals surface area contributed by atoms with E-state index in [0.717, 1.165) is 44.6 Å². The van der Waals surface area contributed by atoms with E-state index >= 15 is 0 Å². The van der Waals surface area contributed by atoms with Crippen molar-refractivity contribution in [3.63, 3.8) is 0 Å². The molecule has 1 heterocycles. The predicted molar refractivity (Wildman–Crippen MR) is 85.9 cm³/mol. The van der Waals surface area contributed by atoms with E-state index in [1.54, 1.807) is 12.1 Å². The quantitative estimate of drug-likeness (QED) is 0.897. The molecule has 0 radical (unpaired) electrons. The summed E-state index contributed by atoms with van der Waals surface area (Å²) in [6.07, 6.45) is 3.70. The third-order valence-electron chi connectivity index (χ3n) is 5.23. The van der Waals surface area contributed by atoms with Crippen LogP contribution in [0.25, 0.3) is 0 Å². The molecule has 22 heavy (non-hydrogen) atoms. The van der Waals surface area contributed by atoms with Crippen LogP contribution in [0.4, 0.5) is 5.69 Å². The minimum Gasteiger partial charge on any atom is -0.392 e. The molecule has 0 amide bonds. The summed E-state index contributed by atoms with van der Waals surface area (Å²) in [4.78, 5) is 0. The first-order valence-corrected chi connectivity index (χ1v) is 8.22. The molecule has 0 aromatic heterocycles. The van der Waals surface area contributed by atoms with Crippen LogP contribution in [0.5, 0.6) is 0 Å². The highest BCUT2D eigenvalue weighted by Crippen LogP contribution is 2.48. The fourth-order valence-electron chi connectivity index (χ4n) is 3.82. The number of nitrogens with zero attached hydrogens (tertiary/aromatic N) is 1. The van der Waals surface area contributed by atoms with Gasteiger partial charge >= 0.3 is 0 Å². The van der Waals surface area contributed by atoms with Gasteiger partial charge < -0.3 is 15.2 Å². The van der Waals surface area contributed by atoms with Crippen molar-refractivity contribution in [3.05, 3.63) is 28.8 Å². The monoisotopic (exact) mass is 320 g/mol. The molecular weight excluding hydrogens is 300 g/mol. The Labute approximate surface area is 136 Å². The van der Waals surface area contributed by atoms with Gasteiger partial charge in [0.05, 0.1) is 17.4 Å². The Kier molecular flexibility index (Phi) is 4.58. The van der Waals surface area contributed by atoms with Crippen molar-refractivity contribution in [1.29, 1.82) is 5.26 Å². The van der Waals surface area contributed by atoms with Crippen molar-refractivity contribution in [2.75, 3.05) is 25.1 Å². The van der Waals surface area contributed by atoms with E-state index in [0.29, 0.717) is 17.1 Å². The molecule has 118 valence electrons. The van der Waals surface area contributed by atoms with Crippen molar-refractivity contribution in [1.82, 2.24) is 0 Å². The Morgan fingerprint density at radius 2 is 2.14 bits per heavy atom. The van der Waals surface area contributed by atoms with Crippen LogP contribution in [0.3, 0.4) is 0 Å². The highest BCUT2D eigenvalue weighted by molar-refractivity contribution is 6.30. The fraction of sp³-hybridized carbons (Fsp3) is 0.588. The first-order chi connectivity index (χ1) is 10.6. The number of halogens is 1. The molecular formula is C17H21ClN2O2. The standard InChI is InChI=1S/C17H21ClN2O2/c18-14-1-2-15(13(9-14)10-19)20-11-12-3-4-17(16(12)21)5-7-22-8-6-17/h1-2,9,12,16,20-21H,3-8,11H2/t12-,16+/m1/s1. The normalized spacial score (nSPS) is 26.8. The van der Waals surface area contributed by atoms with Crippen LogP contribution in [-0.2, 0) is 4.74 Å². The van der Waals surface area contributed by atoms with Crippen molar-refractivity contribution < 1.29 is 9.84 Å². The van der Waals surface area contributed by atoms with Crippen molar-refractivity contribution in [3.8, 4) is 6.07 Å². The molecule has 1 saturated heterocycles. The van der Waals surface area contributed by atoms with E-state index in [9.17, 15) is 10.4 Å². The van der Waals surface area contributed by atoms with E-state index in [4.69, 9.17) is 16.3 Å². The van der Waals surface area contributed by atoms with Gasteiger partial charge in [-0.2, -0.15) is 5.26 Å². The number of ether oxygens (including phenoxy) is 1. The van der Waals surface area contributed by atoms with Gasteiger partial charge in [0.1, 0.15) is 6.07 Å². The molecule has 1 aromatic rings. The van der Waals surface area contributed by atoms with Gasteiger partial charge in [-0.1, -0.05) is 11.6 Å². The molecule has 1 aliphatic heterocycles. The largest absolute Gasteiger partial charge is 0.392 e. The van der Waals surface area contributed by atoms with Crippen LogP contribution in [-0.4, -0.2) is 31.0 Å². The number of aliphatic hydroxyl groups is 1. The zero-order valence-electron chi connectivity index (χ0n) is 12.5. The van der Waals surface area contributed by atoms with E-state index in [-0.39, 0.29) is 17.4 Å². The lowest BCUT2D eigenvalue weighted by molar-refractivity contribution is -0.0545. The van der Waals surface area contributed by atoms with Gasteiger partial charge in [-0.15, -0.1) is 0 Å². The van der Waals surface area contributed by atoms with Gasteiger partial charge in [0, 0.05) is 36.1 Å². The Balaban J connectivity index is 1.64. The number of aliphatic hydroxyl groups excluding tert-OH is 1. The van der Waals surface area contributed by atoms with Crippen LogP contribution in [0, 0.1) is 22.7 Å². The van der Waals surface area contributed by atoms with Gasteiger partial charge in [-0.05, 0) is 43.9 Å². The lowest BCUT2D eigenvalue weighted by atomic mass is 9.76. The molecule has 3 rings (SSSR count). The molecule has 2 N–H and O–H groups in total. The van der Waals surface area contributed by atoms with Gasteiger partial charge in [0.15, 0.2) is 0 Å². The molecule has 1 spiro atoms. The maximum Gasteiger partial charge on any atom is 0.101 e. The molecule has 4 nitrogen and oxygen atoms in total. The van der Waals surface area contributed by atoms with Gasteiger partial charge in [-0.3, -0.25) is 0 Å². The van der Waals surface area contributed by atoms with Crippen molar-refractivity contribution >= 4 is 17.3 Å². The second kappa shape index (κ2) is 6.45. The Bertz CT molecular complexity index is 579. The maximum absolute atomic E-state index is 10.7. The van der Waals surface area contributed by atoms with Gasteiger partial charge in [0.25, 0.3) is 0 Å². The summed E-state index contributed by atoms with van der Waals surface area (Å²) in [6, 6.07) is 7.41. The van der Waals surface area contributed by atoms with E-state index in [2.05, 4.69) is 11.4 Å². The molecule has 2 atom stereocenters. The van der Waals surface area contributed by atoms with E-state index in [1.165, 1.54) is 0 Å². The smallest absolute Gasteiger partial charge is 0.101 e. The zero-order valence-corrected chi connectivity index (χ0v) is 13.3. The molecule has 2 fully saturated rings. The van der Waals surface area contributed by atoms with Crippen LogP contribution in [0.1, 0.15) is 31.2 Å². The van der Waals surface area contributed by atoms with Crippen LogP contribution in [0.15, 0.2) is 18.2 Å². The lowest BCUT2D eigenvalue weighted by Crippen LogP contribution is -2.40. The highest BCUT2D eigenvalue weighted by Gasteiger charge is 2.47. The fourth-order valence-corrected chi connectivity index (χ4v) is 3.99. The third kappa shape index (κ3) is 2.94. The summed E-state index contributed by atoms with van der Waals surface area (Å²) in [5.74, 6) is 0.223. The number of hydrogen-bond donors (Lipinski definition) is 2. The van der Waals surface area contributed by atoms with Gasteiger partial charge in [0.2, 0.25) is 0 Å². The number of anilines is 1. The highest BCUT2D eigenvalue weighted by atomic mass is 35.5. The zero-order chi connectivity index (χ0) is 15.6. The number of nitrogens with one attached hydrogen (secondary N) is 1. The summed E-state index contributed by atoms with van der Waals surface area (Å²) in [7, 11) is 0. The van der Waals surface area contributed by atoms with Gasteiger partial charge in [-0.25, -0.2) is 0 Å².